The SMILES string of the molecule is COC(=O)c1csc(NC(=O)[C@H](Cc2ccccc2)n2c(O)c(-c3cc(F)cc(F)c3)[nH]c2=O)n1. The number of H-pyrrole nitrogens is 1. The van der Waals surface area contributed by atoms with Crippen LogP contribution in [0, 0.1) is 11.6 Å². The number of hydrogen-bond donors (Lipinski definition) is 3. The van der Waals surface area contributed by atoms with Crippen LogP contribution in [0.5, 0.6) is 5.88 Å². The van der Waals surface area contributed by atoms with Crippen LogP contribution in [0.3, 0.4) is 0 Å². The standard InChI is InChI=1S/C23H18F2N4O5S/c1-34-21(32)16-11-35-22(26-16)28-19(30)17(7-12-5-3-2-4-6-12)29-20(31)18(27-23(29)33)13-8-14(24)10-15(25)9-13/h2-6,8-11,17,31H,7H2,1H3,(H,27,33)(H,26,28,30)/t17-/m0/s1. The van der Waals surface area contributed by atoms with Gasteiger partial charge in [-0.25, -0.2) is 27.9 Å². The summed E-state index contributed by atoms with van der Waals surface area (Å²) in [7, 11) is 1.19. The molecule has 2 heterocycles. The first kappa shape index (κ1) is 23.8. The van der Waals surface area contributed by atoms with Gasteiger partial charge < -0.3 is 20.1 Å². The first-order valence-electron chi connectivity index (χ1n) is 10.2. The second kappa shape index (κ2) is 9.89. The van der Waals surface area contributed by atoms with Crippen LogP contribution in [0.4, 0.5) is 13.9 Å². The Morgan fingerprint density at radius 3 is 2.54 bits per heavy atom. The molecule has 2 aromatic heterocycles. The number of carbonyl (C=O) groups is 2. The molecule has 0 unspecified atom stereocenters. The van der Waals surface area contributed by atoms with Crippen molar-refractivity contribution in [3.8, 4) is 17.1 Å². The Morgan fingerprint density at radius 2 is 1.89 bits per heavy atom. The number of ether oxygens (including phenoxy) is 1. The summed E-state index contributed by atoms with van der Waals surface area (Å²) >= 11 is 0.969. The van der Waals surface area contributed by atoms with E-state index in [4.69, 9.17) is 0 Å². The fourth-order valence-electron chi connectivity index (χ4n) is 3.49. The molecule has 2 aromatic carbocycles. The van der Waals surface area contributed by atoms with Gasteiger partial charge >= 0.3 is 11.7 Å². The van der Waals surface area contributed by atoms with Crippen molar-refractivity contribution in [1.29, 1.82) is 0 Å². The highest BCUT2D eigenvalue weighted by atomic mass is 32.1. The Morgan fingerprint density at radius 1 is 1.20 bits per heavy atom. The maximum Gasteiger partial charge on any atom is 0.357 e. The van der Waals surface area contributed by atoms with Gasteiger partial charge in [0.25, 0.3) is 0 Å². The number of imidazole rings is 1. The molecule has 4 rings (SSSR count). The quantitative estimate of drug-likeness (QED) is 0.334. The third-order valence-corrected chi connectivity index (χ3v) is 5.83. The highest BCUT2D eigenvalue weighted by molar-refractivity contribution is 7.14. The topological polar surface area (TPSA) is 126 Å². The molecule has 0 saturated carbocycles. The van der Waals surface area contributed by atoms with Crippen LogP contribution in [0.1, 0.15) is 22.1 Å². The lowest BCUT2D eigenvalue weighted by Crippen LogP contribution is -2.33. The fraction of sp³-hybridized carbons (Fsp3) is 0.130. The highest BCUT2D eigenvalue weighted by Crippen LogP contribution is 2.31. The van der Waals surface area contributed by atoms with Gasteiger partial charge in [-0.05, 0) is 17.7 Å². The highest BCUT2D eigenvalue weighted by Gasteiger charge is 2.29. The zero-order chi connectivity index (χ0) is 25.1. The number of nitrogens with one attached hydrogen (secondary N) is 2. The van der Waals surface area contributed by atoms with E-state index in [2.05, 4.69) is 20.0 Å². The number of aromatic nitrogens is 3. The molecule has 0 radical (unpaired) electrons. The van der Waals surface area contributed by atoms with Crippen molar-refractivity contribution in [2.75, 3.05) is 12.4 Å². The molecule has 3 N–H and O–H groups in total. The largest absolute Gasteiger partial charge is 0.493 e. The Hall–Kier alpha value is -4.32. The van der Waals surface area contributed by atoms with E-state index in [1.54, 1.807) is 30.3 Å². The van der Waals surface area contributed by atoms with Crippen molar-refractivity contribution in [3.05, 3.63) is 87.3 Å². The van der Waals surface area contributed by atoms with Crippen molar-refractivity contribution in [2.24, 2.45) is 0 Å². The normalized spacial score (nSPS) is 11.7. The molecule has 9 nitrogen and oxygen atoms in total. The van der Waals surface area contributed by atoms with Gasteiger partial charge in [-0.3, -0.25) is 4.79 Å². The second-order valence-electron chi connectivity index (χ2n) is 7.38. The van der Waals surface area contributed by atoms with E-state index in [0.717, 1.165) is 28.0 Å². The molecule has 35 heavy (non-hydrogen) atoms. The van der Waals surface area contributed by atoms with Crippen molar-refractivity contribution in [1.82, 2.24) is 14.5 Å². The molecule has 0 aliphatic heterocycles. The van der Waals surface area contributed by atoms with E-state index in [1.165, 1.54) is 12.5 Å². The molecule has 0 saturated heterocycles. The molecule has 1 atom stereocenters. The first-order chi connectivity index (χ1) is 16.8. The number of aromatic hydroxyl groups is 1. The summed E-state index contributed by atoms with van der Waals surface area (Å²) in [4.78, 5) is 44.1. The van der Waals surface area contributed by atoms with E-state index in [-0.39, 0.29) is 28.5 Å². The van der Waals surface area contributed by atoms with Crippen molar-refractivity contribution in [2.45, 2.75) is 12.5 Å². The van der Waals surface area contributed by atoms with Gasteiger partial charge in [0.2, 0.25) is 11.8 Å². The summed E-state index contributed by atoms with van der Waals surface area (Å²) in [5.41, 5.74) is -0.566. The fourth-order valence-corrected chi connectivity index (χ4v) is 4.17. The number of aromatic amines is 1. The average Bonchev–Trinajstić information content (AvgIpc) is 3.41. The summed E-state index contributed by atoms with van der Waals surface area (Å²) in [5, 5.41) is 14.9. The van der Waals surface area contributed by atoms with Gasteiger partial charge in [-0.1, -0.05) is 30.3 Å². The van der Waals surface area contributed by atoms with Crippen molar-refractivity contribution in [3.63, 3.8) is 0 Å². The zero-order valence-electron chi connectivity index (χ0n) is 18.1. The number of halogens is 2. The molecular weight excluding hydrogens is 482 g/mol. The Balaban J connectivity index is 1.73. The molecule has 0 bridgehead atoms. The number of carbonyl (C=O) groups excluding carboxylic acids is 2. The van der Waals surface area contributed by atoms with Crippen molar-refractivity contribution >= 4 is 28.3 Å². The lowest BCUT2D eigenvalue weighted by Gasteiger charge is -2.18. The van der Waals surface area contributed by atoms with Crippen LogP contribution >= 0.6 is 11.3 Å². The van der Waals surface area contributed by atoms with Crippen LogP contribution in [-0.4, -0.2) is 38.6 Å². The number of amides is 1. The molecule has 0 fully saturated rings. The van der Waals surface area contributed by atoms with Gasteiger partial charge in [0.15, 0.2) is 10.8 Å². The lowest BCUT2D eigenvalue weighted by molar-refractivity contribution is -0.119. The van der Waals surface area contributed by atoms with Gasteiger partial charge in [0.05, 0.1) is 7.11 Å². The first-order valence-corrected chi connectivity index (χ1v) is 11.0. The van der Waals surface area contributed by atoms with E-state index in [1.807, 2.05) is 0 Å². The van der Waals surface area contributed by atoms with Crippen LogP contribution in [0.2, 0.25) is 0 Å². The summed E-state index contributed by atoms with van der Waals surface area (Å²) in [6, 6.07) is 9.98. The number of esters is 1. The Labute approximate surface area is 200 Å². The smallest absolute Gasteiger partial charge is 0.357 e. The third kappa shape index (κ3) is 5.11. The maximum absolute atomic E-state index is 13.7. The monoisotopic (exact) mass is 500 g/mol. The zero-order valence-corrected chi connectivity index (χ0v) is 18.9. The van der Waals surface area contributed by atoms with E-state index in [9.17, 15) is 28.3 Å². The number of methoxy groups -OCH3 is 1. The predicted molar refractivity (Wildman–Crippen MR) is 123 cm³/mol. The average molecular weight is 500 g/mol. The minimum absolute atomic E-state index is 0.00974. The van der Waals surface area contributed by atoms with Gasteiger partial charge in [0.1, 0.15) is 23.4 Å². The van der Waals surface area contributed by atoms with Gasteiger partial charge in [-0.15, -0.1) is 11.3 Å². The van der Waals surface area contributed by atoms with Crippen LogP contribution in [0.15, 0.2) is 58.7 Å². The molecule has 0 spiro atoms. The Kier molecular flexibility index (Phi) is 6.73. The summed E-state index contributed by atoms with van der Waals surface area (Å²) in [6.07, 6.45) is -0.00974. The third-order valence-electron chi connectivity index (χ3n) is 5.07. The summed E-state index contributed by atoms with van der Waals surface area (Å²) in [5.74, 6) is -3.89. The van der Waals surface area contributed by atoms with E-state index >= 15 is 0 Å². The number of rotatable bonds is 7. The number of benzene rings is 2. The Bertz CT molecular complexity index is 1430. The molecule has 180 valence electrons. The minimum Gasteiger partial charge on any atom is -0.493 e. The van der Waals surface area contributed by atoms with Crippen LogP contribution in [0.25, 0.3) is 11.3 Å². The van der Waals surface area contributed by atoms with Crippen LogP contribution < -0.4 is 11.0 Å². The van der Waals surface area contributed by atoms with Crippen LogP contribution in [-0.2, 0) is 16.0 Å². The predicted octanol–water partition coefficient (Wildman–Crippen LogP) is 3.49. The number of hydrogen-bond acceptors (Lipinski definition) is 7. The minimum atomic E-state index is -1.28. The molecule has 4 aromatic rings. The van der Waals surface area contributed by atoms with Gasteiger partial charge in [0, 0.05) is 23.4 Å². The molecule has 12 heteroatoms. The molecule has 1 amide bonds. The maximum atomic E-state index is 13.7. The molecule has 0 aliphatic rings. The van der Waals surface area contributed by atoms with Crippen molar-refractivity contribution < 1.29 is 28.2 Å². The number of thiazole rings is 1. The number of nitrogens with zero attached hydrogens (tertiary/aromatic N) is 2. The van der Waals surface area contributed by atoms with E-state index in [0.29, 0.717) is 11.6 Å². The van der Waals surface area contributed by atoms with E-state index < -0.39 is 41.1 Å². The second-order valence-corrected chi connectivity index (χ2v) is 8.24. The number of anilines is 1. The summed E-state index contributed by atoms with van der Waals surface area (Å²) in [6.45, 7) is 0. The summed E-state index contributed by atoms with van der Waals surface area (Å²) < 4.78 is 32.9. The lowest BCUT2D eigenvalue weighted by atomic mass is 10.0. The van der Waals surface area contributed by atoms with Gasteiger partial charge in [-0.2, -0.15) is 0 Å². The molecule has 0 aliphatic carbocycles. The molecular formula is C23H18F2N4O5S.